The zero-order chi connectivity index (χ0) is 14.3. The molecule has 0 saturated heterocycles. The predicted octanol–water partition coefficient (Wildman–Crippen LogP) is 2.55. The van der Waals surface area contributed by atoms with E-state index in [2.05, 4.69) is 19.6 Å². The summed E-state index contributed by atoms with van der Waals surface area (Å²) in [5.41, 5.74) is 4.80. The summed E-state index contributed by atoms with van der Waals surface area (Å²) in [5.74, 6) is 1.45. The van der Waals surface area contributed by atoms with Crippen LogP contribution in [-0.2, 0) is 13.5 Å². The third-order valence-electron chi connectivity index (χ3n) is 3.25. The minimum atomic E-state index is 0.529. The maximum Gasteiger partial charge on any atom is 0.164 e. The van der Waals surface area contributed by atoms with E-state index in [4.69, 9.17) is 11.6 Å². The molecule has 0 aliphatic heterocycles. The van der Waals surface area contributed by atoms with Crippen molar-refractivity contribution in [3.8, 4) is 5.69 Å². The third-order valence-corrected chi connectivity index (χ3v) is 3.44. The van der Waals surface area contributed by atoms with Gasteiger partial charge in [-0.3, -0.25) is 9.25 Å². The van der Waals surface area contributed by atoms with Gasteiger partial charge in [-0.1, -0.05) is 0 Å². The molecule has 5 nitrogen and oxygen atoms in total. The predicted molar refractivity (Wildman–Crippen MR) is 79.5 cm³/mol. The summed E-state index contributed by atoms with van der Waals surface area (Å²) in [6.07, 6.45) is 4.54. The molecule has 0 saturated carbocycles. The van der Waals surface area contributed by atoms with Crippen molar-refractivity contribution in [3.63, 3.8) is 0 Å². The van der Waals surface area contributed by atoms with Crippen LogP contribution in [0.3, 0.4) is 0 Å². The minimum absolute atomic E-state index is 0.529. The third kappa shape index (κ3) is 2.08. The molecule has 3 aromatic heterocycles. The smallest absolute Gasteiger partial charge is 0.164 e. The number of pyridine rings is 1. The maximum atomic E-state index is 5.90. The second-order valence-electron chi connectivity index (χ2n) is 4.93. The van der Waals surface area contributed by atoms with Crippen LogP contribution in [0.15, 0.2) is 18.5 Å². The first kappa shape index (κ1) is 13.1. The number of alkyl halides is 1. The van der Waals surface area contributed by atoms with Gasteiger partial charge in [0.15, 0.2) is 5.65 Å². The minimum Gasteiger partial charge on any atom is -0.277 e. The highest BCUT2D eigenvalue weighted by Crippen LogP contribution is 2.23. The van der Waals surface area contributed by atoms with E-state index in [1.54, 1.807) is 4.68 Å². The molecule has 104 valence electrons. The summed E-state index contributed by atoms with van der Waals surface area (Å²) in [7, 11) is 1.91. The van der Waals surface area contributed by atoms with Crippen molar-refractivity contribution in [3.05, 3.63) is 35.5 Å². The number of nitrogens with zero attached hydrogens (tertiary/aromatic N) is 5. The Morgan fingerprint density at radius 1 is 1.30 bits per heavy atom. The van der Waals surface area contributed by atoms with Gasteiger partial charge in [0, 0.05) is 31.7 Å². The van der Waals surface area contributed by atoms with Crippen molar-refractivity contribution in [2.45, 2.75) is 20.3 Å². The Bertz CT molecular complexity index is 771. The molecule has 0 radical (unpaired) electrons. The lowest BCUT2D eigenvalue weighted by Gasteiger charge is -2.06. The number of hydrogen-bond acceptors (Lipinski definition) is 3. The van der Waals surface area contributed by atoms with Gasteiger partial charge in [0.05, 0.1) is 11.4 Å². The molecule has 3 rings (SSSR count). The lowest BCUT2D eigenvalue weighted by atomic mass is 10.3. The number of aromatic nitrogens is 5. The van der Waals surface area contributed by atoms with Crippen LogP contribution in [0.1, 0.15) is 17.1 Å². The average molecular weight is 290 g/mol. The van der Waals surface area contributed by atoms with Gasteiger partial charge in [-0.15, -0.1) is 11.6 Å². The summed E-state index contributed by atoms with van der Waals surface area (Å²) in [6.45, 7) is 4.00. The highest BCUT2D eigenvalue weighted by molar-refractivity contribution is 6.17. The van der Waals surface area contributed by atoms with Gasteiger partial charge in [-0.2, -0.15) is 5.10 Å². The topological polar surface area (TPSA) is 48.5 Å². The molecule has 0 unspecified atom stereocenters. The fraction of sp³-hybridized carbons (Fsp3) is 0.357. The molecule has 0 fully saturated rings. The number of rotatable bonds is 3. The Labute approximate surface area is 122 Å². The lowest BCUT2D eigenvalue weighted by Crippen LogP contribution is -2.03. The number of aryl methyl sites for hydroxylation is 4. The van der Waals surface area contributed by atoms with Crippen molar-refractivity contribution < 1.29 is 0 Å². The Kier molecular flexibility index (Phi) is 3.22. The van der Waals surface area contributed by atoms with Gasteiger partial charge in [0.1, 0.15) is 11.3 Å². The molecule has 0 aliphatic carbocycles. The Morgan fingerprint density at radius 3 is 2.75 bits per heavy atom. The average Bonchev–Trinajstić information content (AvgIpc) is 2.89. The van der Waals surface area contributed by atoms with E-state index in [1.165, 1.54) is 0 Å². The van der Waals surface area contributed by atoms with Gasteiger partial charge in [-0.25, -0.2) is 9.97 Å². The largest absolute Gasteiger partial charge is 0.277 e. The van der Waals surface area contributed by atoms with Gasteiger partial charge >= 0.3 is 0 Å². The summed E-state index contributed by atoms with van der Waals surface area (Å²) >= 11 is 5.90. The molecule has 0 aliphatic rings. The van der Waals surface area contributed by atoms with Crippen molar-refractivity contribution in [2.24, 2.45) is 7.05 Å². The van der Waals surface area contributed by atoms with Crippen LogP contribution in [0.5, 0.6) is 0 Å². The number of fused-ring (bicyclic) bond motifs is 1. The van der Waals surface area contributed by atoms with E-state index in [9.17, 15) is 0 Å². The van der Waals surface area contributed by atoms with E-state index in [1.807, 2.05) is 39.4 Å². The molecule has 0 atom stereocenters. The standard InChI is InChI=1S/C14H16ClN5/c1-9-6-11-14(16-7-9)20(13(17-11)4-5-15)12-8-19(3)18-10(12)2/h6-8H,4-5H2,1-3H3. The highest BCUT2D eigenvalue weighted by Gasteiger charge is 2.16. The van der Waals surface area contributed by atoms with Crippen molar-refractivity contribution in [1.82, 2.24) is 24.3 Å². The van der Waals surface area contributed by atoms with Crippen LogP contribution in [0.4, 0.5) is 0 Å². The second kappa shape index (κ2) is 4.90. The molecule has 20 heavy (non-hydrogen) atoms. The molecule has 0 amide bonds. The fourth-order valence-corrected chi connectivity index (χ4v) is 2.59. The molecule has 0 spiro atoms. The van der Waals surface area contributed by atoms with Crippen molar-refractivity contribution >= 4 is 22.8 Å². The van der Waals surface area contributed by atoms with Gasteiger partial charge in [0.25, 0.3) is 0 Å². The quantitative estimate of drug-likeness (QED) is 0.696. The van der Waals surface area contributed by atoms with Crippen LogP contribution in [-0.4, -0.2) is 30.2 Å². The van der Waals surface area contributed by atoms with E-state index in [-0.39, 0.29) is 0 Å². The van der Waals surface area contributed by atoms with Crippen LogP contribution < -0.4 is 0 Å². The summed E-state index contributed by atoms with van der Waals surface area (Å²) < 4.78 is 3.86. The Morgan fingerprint density at radius 2 is 2.10 bits per heavy atom. The molecule has 0 N–H and O–H groups in total. The Hall–Kier alpha value is -1.88. The summed E-state index contributed by atoms with van der Waals surface area (Å²) in [5, 5.41) is 4.40. The SMILES string of the molecule is Cc1cnc2c(c1)nc(CCCl)n2-c1cn(C)nc1C. The molecule has 0 aromatic carbocycles. The lowest BCUT2D eigenvalue weighted by molar-refractivity contribution is 0.756. The molecular formula is C14H16ClN5. The van der Waals surface area contributed by atoms with Crippen LogP contribution in [0.2, 0.25) is 0 Å². The fourth-order valence-electron chi connectivity index (χ4n) is 2.42. The van der Waals surface area contributed by atoms with Crippen LogP contribution in [0, 0.1) is 13.8 Å². The highest BCUT2D eigenvalue weighted by atomic mass is 35.5. The summed E-state index contributed by atoms with van der Waals surface area (Å²) in [4.78, 5) is 9.20. The van der Waals surface area contributed by atoms with E-state index < -0.39 is 0 Å². The zero-order valence-corrected chi connectivity index (χ0v) is 12.5. The normalized spacial score (nSPS) is 11.4. The Balaban J connectivity index is 2.31. The maximum absolute atomic E-state index is 5.90. The van der Waals surface area contributed by atoms with Gasteiger partial charge in [-0.05, 0) is 25.5 Å². The number of halogens is 1. The first-order valence-electron chi connectivity index (χ1n) is 6.50. The van der Waals surface area contributed by atoms with Crippen LogP contribution >= 0.6 is 11.6 Å². The zero-order valence-electron chi connectivity index (χ0n) is 11.8. The van der Waals surface area contributed by atoms with Crippen LogP contribution in [0.25, 0.3) is 16.9 Å². The molecule has 6 heteroatoms. The monoisotopic (exact) mass is 289 g/mol. The van der Waals surface area contributed by atoms with E-state index >= 15 is 0 Å². The van der Waals surface area contributed by atoms with Gasteiger partial charge < -0.3 is 0 Å². The molecule has 3 heterocycles. The van der Waals surface area contributed by atoms with E-state index in [0.29, 0.717) is 12.3 Å². The van der Waals surface area contributed by atoms with Crippen molar-refractivity contribution in [1.29, 1.82) is 0 Å². The van der Waals surface area contributed by atoms with Crippen molar-refractivity contribution in [2.75, 3.05) is 5.88 Å². The van der Waals surface area contributed by atoms with E-state index in [0.717, 1.165) is 33.9 Å². The number of imidazole rings is 1. The second-order valence-corrected chi connectivity index (χ2v) is 5.31. The van der Waals surface area contributed by atoms with Gasteiger partial charge in [0.2, 0.25) is 0 Å². The summed E-state index contributed by atoms with van der Waals surface area (Å²) in [6, 6.07) is 2.04. The first-order chi connectivity index (χ1) is 9.60. The molecule has 0 bridgehead atoms. The number of hydrogen-bond donors (Lipinski definition) is 0. The first-order valence-corrected chi connectivity index (χ1v) is 7.04. The molecule has 3 aromatic rings. The molecular weight excluding hydrogens is 274 g/mol.